The van der Waals surface area contributed by atoms with E-state index in [0.29, 0.717) is 36.2 Å². The van der Waals surface area contributed by atoms with Gasteiger partial charge in [0.05, 0.1) is 4.88 Å². The molecule has 0 unspecified atom stereocenters. The van der Waals surface area contributed by atoms with E-state index in [-0.39, 0.29) is 18.2 Å². The molecule has 7 nitrogen and oxygen atoms in total. The standard InChI is InChI=1S/C19H23N3O4S/c23-17(22-26)12-6-2-5-10-15(21-19(25)16-11-7-13-27-16)18(24)20-14-8-3-1-4-9-14/h1,3-4,7-9,11,13,15,26H,2,5-6,10,12H2,(H,20,24)(H,21,25)(H,22,23)/t15-/m1/s1. The summed E-state index contributed by atoms with van der Waals surface area (Å²) in [5.74, 6) is -0.989. The normalized spacial score (nSPS) is 11.4. The van der Waals surface area contributed by atoms with Gasteiger partial charge in [0.25, 0.3) is 5.91 Å². The van der Waals surface area contributed by atoms with Crippen molar-refractivity contribution < 1.29 is 19.6 Å². The predicted molar refractivity (Wildman–Crippen MR) is 104 cm³/mol. The predicted octanol–water partition coefficient (Wildman–Crippen LogP) is 2.94. The van der Waals surface area contributed by atoms with Crippen molar-refractivity contribution in [1.29, 1.82) is 0 Å². The third kappa shape index (κ3) is 7.20. The summed E-state index contributed by atoms with van der Waals surface area (Å²) >= 11 is 1.31. The first kappa shape index (κ1) is 20.6. The minimum atomic E-state index is -0.675. The zero-order valence-corrected chi connectivity index (χ0v) is 15.6. The minimum Gasteiger partial charge on any atom is -0.340 e. The molecule has 0 saturated heterocycles. The average molecular weight is 389 g/mol. The van der Waals surface area contributed by atoms with Crippen LogP contribution in [0.3, 0.4) is 0 Å². The molecule has 144 valence electrons. The minimum absolute atomic E-state index is 0.221. The van der Waals surface area contributed by atoms with E-state index in [4.69, 9.17) is 5.21 Å². The summed E-state index contributed by atoms with van der Waals surface area (Å²) in [6.45, 7) is 0. The van der Waals surface area contributed by atoms with Gasteiger partial charge in [0.15, 0.2) is 0 Å². The highest BCUT2D eigenvalue weighted by atomic mass is 32.1. The van der Waals surface area contributed by atoms with Crippen molar-refractivity contribution in [2.24, 2.45) is 0 Å². The fourth-order valence-corrected chi connectivity index (χ4v) is 3.15. The maximum atomic E-state index is 12.6. The Bertz CT molecular complexity index is 735. The van der Waals surface area contributed by atoms with Crippen molar-refractivity contribution >= 4 is 34.7 Å². The van der Waals surface area contributed by atoms with Crippen molar-refractivity contribution in [3.8, 4) is 0 Å². The van der Waals surface area contributed by atoms with E-state index in [1.165, 1.54) is 11.3 Å². The average Bonchev–Trinajstić information content (AvgIpc) is 3.22. The number of unbranched alkanes of at least 4 members (excludes halogenated alkanes) is 2. The van der Waals surface area contributed by atoms with Gasteiger partial charge in [0.1, 0.15) is 6.04 Å². The lowest BCUT2D eigenvalue weighted by atomic mass is 10.1. The number of thiophene rings is 1. The summed E-state index contributed by atoms with van der Waals surface area (Å²) in [5.41, 5.74) is 2.26. The Kier molecular flexibility index (Phi) is 8.47. The summed E-state index contributed by atoms with van der Waals surface area (Å²) < 4.78 is 0. The van der Waals surface area contributed by atoms with Crippen LogP contribution in [0.1, 0.15) is 41.8 Å². The third-order valence-corrected chi connectivity index (χ3v) is 4.80. The fourth-order valence-electron chi connectivity index (χ4n) is 2.52. The first-order valence-corrected chi connectivity index (χ1v) is 9.61. The summed E-state index contributed by atoms with van der Waals surface area (Å²) in [6.07, 6.45) is 2.64. The molecule has 0 aliphatic carbocycles. The van der Waals surface area contributed by atoms with Gasteiger partial charge < -0.3 is 10.6 Å². The van der Waals surface area contributed by atoms with E-state index < -0.39 is 11.9 Å². The summed E-state index contributed by atoms with van der Waals surface area (Å²) in [6, 6.07) is 11.9. The van der Waals surface area contributed by atoms with E-state index in [9.17, 15) is 14.4 Å². The molecular weight excluding hydrogens is 366 g/mol. The Morgan fingerprint density at radius 2 is 1.78 bits per heavy atom. The summed E-state index contributed by atoms with van der Waals surface area (Å²) in [4.78, 5) is 36.5. The molecule has 3 amide bonds. The molecule has 0 aliphatic heterocycles. The van der Waals surface area contributed by atoms with Crippen LogP contribution < -0.4 is 16.1 Å². The van der Waals surface area contributed by atoms with Crippen molar-refractivity contribution in [1.82, 2.24) is 10.8 Å². The molecule has 27 heavy (non-hydrogen) atoms. The van der Waals surface area contributed by atoms with Crippen molar-refractivity contribution in [3.05, 3.63) is 52.7 Å². The first-order chi connectivity index (χ1) is 13.1. The Hall–Kier alpha value is -2.71. The first-order valence-electron chi connectivity index (χ1n) is 8.73. The lowest BCUT2D eigenvalue weighted by molar-refractivity contribution is -0.129. The second-order valence-corrected chi connectivity index (χ2v) is 6.94. The molecule has 0 radical (unpaired) electrons. The Labute approximate surface area is 161 Å². The molecule has 0 fully saturated rings. The molecule has 4 N–H and O–H groups in total. The lowest BCUT2D eigenvalue weighted by Gasteiger charge is -2.18. The van der Waals surface area contributed by atoms with Crippen LogP contribution in [0, 0.1) is 0 Å². The molecule has 1 aromatic heterocycles. The lowest BCUT2D eigenvalue weighted by Crippen LogP contribution is -2.43. The molecule has 8 heteroatoms. The quantitative estimate of drug-likeness (QED) is 0.285. The van der Waals surface area contributed by atoms with Gasteiger partial charge in [-0.1, -0.05) is 37.1 Å². The number of hydroxylamine groups is 1. The second-order valence-electron chi connectivity index (χ2n) is 5.99. The van der Waals surface area contributed by atoms with Crippen LogP contribution in [0.4, 0.5) is 5.69 Å². The molecule has 0 saturated carbocycles. The van der Waals surface area contributed by atoms with Crippen LogP contribution >= 0.6 is 11.3 Å². The molecule has 0 aliphatic rings. The van der Waals surface area contributed by atoms with Crippen LogP contribution in [-0.2, 0) is 9.59 Å². The monoisotopic (exact) mass is 389 g/mol. The molecule has 0 bridgehead atoms. The van der Waals surface area contributed by atoms with E-state index in [1.807, 2.05) is 18.2 Å². The number of benzene rings is 1. The fraction of sp³-hybridized carbons (Fsp3) is 0.316. The molecule has 2 rings (SSSR count). The highest BCUT2D eigenvalue weighted by molar-refractivity contribution is 7.12. The van der Waals surface area contributed by atoms with Gasteiger partial charge in [0.2, 0.25) is 11.8 Å². The number of amides is 3. The highest BCUT2D eigenvalue weighted by Crippen LogP contribution is 2.13. The van der Waals surface area contributed by atoms with Crippen molar-refractivity contribution in [2.75, 3.05) is 5.32 Å². The highest BCUT2D eigenvalue weighted by Gasteiger charge is 2.21. The van der Waals surface area contributed by atoms with Crippen LogP contribution in [0.15, 0.2) is 47.8 Å². The topological polar surface area (TPSA) is 108 Å². The smallest absolute Gasteiger partial charge is 0.261 e. The zero-order chi connectivity index (χ0) is 19.5. The van der Waals surface area contributed by atoms with Gasteiger partial charge in [-0.25, -0.2) is 5.48 Å². The van der Waals surface area contributed by atoms with Gasteiger partial charge in [-0.2, -0.15) is 0 Å². The SMILES string of the molecule is O=C(CCCCC[C@@H](NC(=O)c1cccs1)C(=O)Nc1ccccc1)NO. The molecule has 1 heterocycles. The largest absolute Gasteiger partial charge is 0.340 e. The van der Waals surface area contributed by atoms with Gasteiger partial charge in [-0.15, -0.1) is 11.3 Å². The maximum absolute atomic E-state index is 12.6. The van der Waals surface area contributed by atoms with Crippen LogP contribution in [0.5, 0.6) is 0 Å². The summed E-state index contributed by atoms with van der Waals surface area (Å²) in [7, 11) is 0. The number of hydrogen-bond acceptors (Lipinski definition) is 5. The van der Waals surface area contributed by atoms with Crippen molar-refractivity contribution in [2.45, 2.75) is 38.1 Å². The third-order valence-electron chi connectivity index (χ3n) is 3.93. The van der Waals surface area contributed by atoms with E-state index >= 15 is 0 Å². The Morgan fingerprint density at radius 1 is 1.00 bits per heavy atom. The molecule has 1 atom stereocenters. The van der Waals surface area contributed by atoms with Crippen molar-refractivity contribution in [3.63, 3.8) is 0 Å². The molecule has 1 aromatic carbocycles. The zero-order valence-electron chi connectivity index (χ0n) is 14.8. The van der Waals surface area contributed by atoms with Gasteiger partial charge in [-0.3, -0.25) is 19.6 Å². The maximum Gasteiger partial charge on any atom is 0.261 e. The summed E-state index contributed by atoms with van der Waals surface area (Å²) in [5, 5.41) is 15.9. The number of para-hydroxylation sites is 1. The van der Waals surface area contributed by atoms with Gasteiger partial charge in [-0.05, 0) is 36.4 Å². The van der Waals surface area contributed by atoms with Crippen LogP contribution in [-0.4, -0.2) is 29.0 Å². The van der Waals surface area contributed by atoms with Crippen LogP contribution in [0.2, 0.25) is 0 Å². The van der Waals surface area contributed by atoms with E-state index in [0.717, 1.165) is 0 Å². The Morgan fingerprint density at radius 3 is 2.44 bits per heavy atom. The van der Waals surface area contributed by atoms with Gasteiger partial charge in [0, 0.05) is 12.1 Å². The second kappa shape index (κ2) is 11.1. The number of carbonyl (C=O) groups is 3. The van der Waals surface area contributed by atoms with Crippen LogP contribution in [0.25, 0.3) is 0 Å². The number of nitrogens with one attached hydrogen (secondary N) is 3. The van der Waals surface area contributed by atoms with Gasteiger partial charge >= 0.3 is 0 Å². The number of hydrogen-bond donors (Lipinski definition) is 4. The Balaban J connectivity index is 1.91. The molecule has 0 spiro atoms. The number of rotatable bonds is 10. The molecule has 2 aromatic rings. The van der Waals surface area contributed by atoms with E-state index in [2.05, 4.69) is 10.6 Å². The number of anilines is 1. The van der Waals surface area contributed by atoms with E-state index in [1.54, 1.807) is 35.1 Å². The molecular formula is C19H23N3O4S. The number of carbonyl (C=O) groups excluding carboxylic acids is 3.